The molecule has 0 spiro atoms. The van der Waals surface area contributed by atoms with Crippen molar-refractivity contribution in [3.63, 3.8) is 0 Å². The van der Waals surface area contributed by atoms with E-state index >= 15 is 0 Å². The summed E-state index contributed by atoms with van der Waals surface area (Å²) in [6.45, 7) is 2.52. The number of likely N-dealkylation sites (N-methyl/N-ethyl adjacent to an activating group) is 1. The quantitative estimate of drug-likeness (QED) is 0.723. The van der Waals surface area contributed by atoms with E-state index in [1.54, 1.807) is 23.7 Å². The molecule has 0 atom stereocenters. The number of aromatic amines is 1. The van der Waals surface area contributed by atoms with Crippen molar-refractivity contribution >= 4 is 22.6 Å². The molecule has 8 nitrogen and oxygen atoms in total. The third kappa shape index (κ3) is 3.92. The second-order valence-electron chi connectivity index (χ2n) is 6.10. The van der Waals surface area contributed by atoms with E-state index < -0.39 is 0 Å². The lowest BCUT2D eigenvalue weighted by Crippen LogP contribution is -2.31. The molecule has 1 aromatic carbocycles. The number of amides is 1. The van der Waals surface area contributed by atoms with Crippen LogP contribution >= 0.6 is 0 Å². The van der Waals surface area contributed by atoms with E-state index in [1.165, 1.54) is 6.20 Å². The minimum absolute atomic E-state index is 0.129. The lowest BCUT2D eigenvalue weighted by atomic mass is 10.2. The summed E-state index contributed by atoms with van der Waals surface area (Å²) in [6, 6.07) is 7.61. The maximum absolute atomic E-state index is 12.1. The van der Waals surface area contributed by atoms with Crippen molar-refractivity contribution in [2.75, 3.05) is 18.9 Å². The molecule has 130 valence electrons. The fourth-order valence-corrected chi connectivity index (χ4v) is 2.55. The molecule has 3 aromatic rings. The van der Waals surface area contributed by atoms with Crippen LogP contribution in [0, 0.1) is 6.92 Å². The number of benzene rings is 1. The molecule has 8 heteroatoms. The second-order valence-corrected chi connectivity index (χ2v) is 6.10. The van der Waals surface area contributed by atoms with Crippen LogP contribution in [0.15, 0.2) is 35.3 Å². The summed E-state index contributed by atoms with van der Waals surface area (Å²) >= 11 is 0. The molecule has 0 unspecified atom stereocenters. The normalized spacial score (nSPS) is 11.2. The van der Waals surface area contributed by atoms with E-state index in [-0.39, 0.29) is 18.0 Å². The Balaban J connectivity index is 1.65. The Hall–Kier alpha value is -3.00. The van der Waals surface area contributed by atoms with Crippen molar-refractivity contribution in [3.8, 4) is 0 Å². The molecule has 2 heterocycles. The fraction of sp³-hybridized carbons (Fsp3) is 0.294. The van der Waals surface area contributed by atoms with Crippen molar-refractivity contribution in [2.24, 2.45) is 7.05 Å². The number of aryl methyl sites for hydroxylation is 2. The van der Waals surface area contributed by atoms with Crippen LogP contribution in [0.3, 0.4) is 0 Å². The van der Waals surface area contributed by atoms with Crippen molar-refractivity contribution < 1.29 is 4.79 Å². The number of anilines is 1. The summed E-state index contributed by atoms with van der Waals surface area (Å²) in [5, 5.41) is 7.33. The molecule has 2 N–H and O–H groups in total. The molecule has 0 saturated heterocycles. The Bertz CT molecular complexity index is 957. The first-order valence-corrected chi connectivity index (χ1v) is 7.88. The topological polar surface area (TPSA) is 95.9 Å². The number of carbonyl (C=O) groups excluding carboxylic acids is 1. The molecular formula is C17H20N6O2. The van der Waals surface area contributed by atoms with Gasteiger partial charge >= 0.3 is 0 Å². The first-order chi connectivity index (χ1) is 11.9. The van der Waals surface area contributed by atoms with Gasteiger partial charge in [-0.15, -0.1) is 0 Å². The number of H-pyrrole nitrogens is 1. The minimum atomic E-state index is -0.231. The number of hydrogen-bond donors (Lipinski definition) is 2. The van der Waals surface area contributed by atoms with Crippen molar-refractivity contribution in [1.82, 2.24) is 24.6 Å². The highest BCUT2D eigenvalue weighted by Crippen LogP contribution is 2.09. The number of aromatic nitrogens is 4. The van der Waals surface area contributed by atoms with E-state index in [9.17, 15) is 9.59 Å². The van der Waals surface area contributed by atoms with Gasteiger partial charge in [0.15, 0.2) is 5.65 Å². The van der Waals surface area contributed by atoms with Crippen LogP contribution in [0.1, 0.15) is 11.4 Å². The Morgan fingerprint density at radius 2 is 2.04 bits per heavy atom. The van der Waals surface area contributed by atoms with E-state index in [0.29, 0.717) is 23.4 Å². The number of carbonyl (C=O) groups is 1. The molecule has 2 aromatic heterocycles. The fourth-order valence-electron chi connectivity index (χ4n) is 2.55. The summed E-state index contributed by atoms with van der Waals surface area (Å²) in [5.74, 6) is 0.363. The monoisotopic (exact) mass is 340 g/mol. The molecule has 0 fully saturated rings. The smallest absolute Gasteiger partial charge is 0.262 e. The Kier molecular flexibility index (Phi) is 4.62. The predicted molar refractivity (Wildman–Crippen MR) is 95.3 cm³/mol. The first kappa shape index (κ1) is 16.8. The minimum Gasteiger partial charge on any atom is -0.325 e. The summed E-state index contributed by atoms with van der Waals surface area (Å²) < 4.78 is 1.55. The van der Waals surface area contributed by atoms with Gasteiger partial charge in [-0.05, 0) is 26.1 Å². The lowest BCUT2D eigenvalue weighted by molar-refractivity contribution is -0.117. The van der Waals surface area contributed by atoms with Gasteiger partial charge < -0.3 is 10.3 Å². The number of nitrogens with zero attached hydrogens (tertiary/aromatic N) is 4. The van der Waals surface area contributed by atoms with Crippen molar-refractivity contribution in [1.29, 1.82) is 0 Å². The van der Waals surface area contributed by atoms with Crippen LogP contribution < -0.4 is 10.9 Å². The highest BCUT2D eigenvalue weighted by molar-refractivity contribution is 5.92. The van der Waals surface area contributed by atoms with Crippen LogP contribution in [-0.4, -0.2) is 44.1 Å². The molecule has 0 aliphatic carbocycles. The van der Waals surface area contributed by atoms with Crippen LogP contribution in [0.25, 0.3) is 11.0 Å². The summed E-state index contributed by atoms with van der Waals surface area (Å²) in [7, 11) is 3.53. The molecule has 0 radical (unpaired) electrons. The summed E-state index contributed by atoms with van der Waals surface area (Å²) in [4.78, 5) is 33.1. The van der Waals surface area contributed by atoms with E-state index in [2.05, 4.69) is 20.4 Å². The van der Waals surface area contributed by atoms with Crippen LogP contribution in [0.5, 0.6) is 0 Å². The SMILES string of the molecule is Cc1ccc(NC(=O)CN(C)Cc2nc3c(cnn3C)c(=O)[nH]2)cc1. The van der Waals surface area contributed by atoms with Crippen LogP contribution in [-0.2, 0) is 18.4 Å². The largest absolute Gasteiger partial charge is 0.325 e. The highest BCUT2D eigenvalue weighted by Gasteiger charge is 2.12. The summed E-state index contributed by atoms with van der Waals surface area (Å²) in [6.07, 6.45) is 1.49. The molecule has 0 aliphatic heterocycles. The van der Waals surface area contributed by atoms with Gasteiger partial charge in [0.05, 0.1) is 19.3 Å². The van der Waals surface area contributed by atoms with E-state index in [4.69, 9.17) is 0 Å². The third-order valence-corrected chi connectivity index (χ3v) is 3.82. The van der Waals surface area contributed by atoms with Gasteiger partial charge in [0.1, 0.15) is 11.2 Å². The molecular weight excluding hydrogens is 320 g/mol. The molecule has 0 aliphatic rings. The average Bonchev–Trinajstić information content (AvgIpc) is 2.91. The number of nitrogens with one attached hydrogen (secondary N) is 2. The number of fused-ring (bicyclic) bond motifs is 1. The van der Waals surface area contributed by atoms with Crippen LogP contribution in [0.2, 0.25) is 0 Å². The number of rotatable bonds is 5. The maximum atomic E-state index is 12.1. The standard InChI is InChI=1S/C17H20N6O2/c1-11-4-6-12(7-5-11)19-15(24)10-22(2)9-14-20-16-13(17(25)21-14)8-18-23(16)3/h4-8H,9-10H2,1-3H3,(H,19,24)(H,20,21,25). The molecule has 1 amide bonds. The zero-order chi connectivity index (χ0) is 18.0. The Labute approximate surface area is 144 Å². The van der Waals surface area contributed by atoms with Gasteiger partial charge in [0.25, 0.3) is 5.56 Å². The van der Waals surface area contributed by atoms with E-state index in [0.717, 1.165) is 11.3 Å². The van der Waals surface area contributed by atoms with Gasteiger partial charge in [-0.1, -0.05) is 17.7 Å². The molecule has 3 rings (SSSR count). The lowest BCUT2D eigenvalue weighted by Gasteiger charge is -2.15. The van der Waals surface area contributed by atoms with Crippen molar-refractivity contribution in [2.45, 2.75) is 13.5 Å². The molecule has 25 heavy (non-hydrogen) atoms. The average molecular weight is 340 g/mol. The van der Waals surface area contributed by atoms with Crippen LogP contribution in [0.4, 0.5) is 5.69 Å². The van der Waals surface area contributed by atoms with Gasteiger partial charge in [0.2, 0.25) is 5.91 Å². The zero-order valence-electron chi connectivity index (χ0n) is 14.4. The van der Waals surface area contributed by atoms with E-state index in [1.807, 2.05) is 31.2 Å². The maximum Gasteiger partial charge on any atom is 0.262 e. The summed E-state index contributed by atoms with van der Waals surface area (Å²) in [5.41, 5.74) is 2.18. The zero-order valence-corrected chi connectivity index (χ0v) is 14.4. The third-order valence-electron chi connectivity index (χ3n) is 3.82. The number of hydrogen-bond acceptors (Lipinski definition) is 5. The Morgan fingerprint density at radius 3 is 2.76 bits per heavy atom. The molecule has 0 saturated carbocycles. The van der Waals surface area contributed by atoms with Gasteiger partial charge in [-0.25, -0.2) is 4.98 Å². The first-order valence-electron chi connectivity index (χ1n) is 7.88. The van der Waals surface area contributed by atoms with Gasteiger partial charge in [0, 0.05) is 12.7 Å². The van der Waals surface area contributed by atoms with Gasteiger partial charge in [-0.2, -0.15) is 5.10 Å². The van der Waals surface area contributed by atoms with Gasteiger partial charge in [-0.3, -0.25) is 19.2 Å². The predicted octanol–water partition coefficient (Wildman–Crippen LogP) is 1.04. The van der Waals surface area contributed by atoms with Crippen molar-refractivity contribution in [3.05, 3.63) is 52.2 Å². The Morgan fingerprint density at radius 1 is 1.32 bits per heavy atom. The second kappa shape index (κ2) is 6.86. The highest BCUT2D eigenvalue weighted by atomic mass is 16.2. The molecule has 0 bridgehead atoms.